The first-order chi connectivity index (χ1) is 6.56. The first-order valence-electron chi connectivity index (χ1n) is 3.76. The molecule has 0 radical (unpaired) electrons. The van der Waals surface area contributed by atoms with Crippen LogP contribution in [0.15, 0.2) is 22.7 Å². The lowest BCUT2D eigenvalue weighted by Gasteiger charge is -2.09. The Hall–Kier alpha value is -1.10. The molecule has 76 valence electrons. The van der Waals surface area contributed by atoms with E-state index in [0.717, 1.165) is 0 Å². The number of carbonyl (C=O) groups is 1. The average molecular weight is 263 g/mol. The Kier molecular flexibility index (Phi) is 3.46. The van der Waals surface area contributed by atoms with E-state index in [1.54, 1.807) is 6.07 Å². The van der Waals surface area contributed by atoms with Crippen LogP contribution < -0.4 is 4.74 Å². The van der Waals surface area contributed by atoms with E-state index in [1.165, 1.54) is 19.2 Å². The minimum Gasteiger partial charge on any atom is -0.496 e. The van der Waals surface area contributed by atoms with Gasteiger partial charge in [-0.05, 0) is 18.2 Å². The van der Waals surface area contributed by atoms with Crippen molar-refractivity contribution >= 4 is 21.9 Å². The van der Waals surface area contributed by atoms with E-state index < -0.39 is 12.1 Å². The fourth-order valence-electron chi connectivity index (χ4n) is 1.04. The van der Waals surface area contributed by atoms with Gasteiger partial charge in [0.15, 0.2) is 0 Å². The highest BCUT2D eigenvalue weighted by molar-refractivity contribution is 9.10. The topological polar surface area (TPSA) is 46.5 Å². The monoisotopic (exact) mass is 262 g/mol. The van der Waals surface area contributed by atoms with E-state index in [2.05, 4.69) is 15.9 Å². The van der Waals surface area contributed by atoms with Crippen LogP contribution in [-0.2, 0) is 4.79 Å². The fraction of sp³-hybridized carbons (Fsp3) is 0.222. The largest absolute Gasteiger partial charge is 0.496 e. The highest BCUT2D eigenvalue weighted by atomic mass is 79.9. The maximum atomic E-state index is 13.2. The third kappa shape index (κ3) is 2.23. The van der Waals surface area contributed by atoms with Gasteiger partial charge in [-0.2, -0.15) is 0 Å². The van der Waals surface area contributed by atoms with Crippen molar-refractivity contribution in [2.75, 3.05) is 7.11 Å². The van der Waals surface area contributed by atoms with Crippen molar-refractivity contribution in [2.24, 2.45) is 0 Å². The zero-order valence-electron chi connectivity index (χ0n) is 7.33. The fourth-order valence-corrected chi connectivity index (χ4v) is 1.42. The third-order valence-electron chi connectivity index (χ3n) is 1.68. The smallest absolute Gasteiger partial charge is 0.343 e. The van der Waals surface area contributed by atoms with E-state index >= 15 is 0 Å². The number of carboxylic acids is 1. The molecule has 0 spiro atoms. The Bertz CT molecular complexity index is 354. The maximum Gasteiger partial charge on any atom is 0.343 e. The Morgan fingerprint density at radius 3 is 2.79 bits per heavy atom. The summed E-state index contributed by atoms with van der Waals surface area (Å²) in [4.78, 5) is 10.4. The van der Waals surface area contributed by atoms with Crippen LogP contribution in [0.1, 0.15) is 11.7 Å². The molecular formula is C9H8BrFO3. The van der Waals surface area contributed by atoms with Gasteiger partial charge in [-0.25, -0.2) is 9.18 Å². The molecule has 0 amide bonds. The van der Waals surface area contributed by atoms with Crippen molar-refractivity contribution in [3.8, 4) is 5.75 Å². The summed E-state index contributed by atoms with van der Waals surface area (Å²) in [5.74, 6) is -1.30. The van der Waals surface area contributed by atoms with Gasteiger partial charge in [-0.3, -0.25) is 0 Å². The normalized spacial score (nSPS) is 12.2. The van der Waals surface area contributed by atoms with Crippen LogP contribution in [0.2, 0.25) is 0 Å². The van der Waals surface area contributed by atoms with Gasteiger partial charge in [0.2, 0.25) is 6.17 Å². The second-order valence-corrected chi connectivity index (χ2v) is 3.50. The summed E-state index contributed by atoms with van der Waals surface area (Å²) in [6, 6.07) is 4.55. The van der Waals surface area contributed by atoms with Gasteiger partial charge in [0.1, 0.15) is 5.75 Å². The Balaban J connectivity index is 3.16. The molecule has 3 nitrogen and oxygen atoms in total. The molecule has 0 fully saturated rings. The zero-order chi connectivity index (χ0) is 10.7. The predicted molar refractivity (Wildman–Crippen MR) is 52.2 cm³/mol. The molecular weight excluding hydrogens is 255 g/mol. The van der Waals surface area contributed by atoms with Gasteiger partial charge in [-0.1, -0.05) is 15.9 Å². The third-order valence-corrected chi connectivity index (χ3v) is 2.17. The quantitative estimate of drug-likeness (QED) is 0.911. The first kappa shape index (κ1) is 11.0. The average Bonchev–Trinajstić information content (AvgIpc) is 2.16. The summed E-state index contributed by atoms with van der Waals surface area (Å²) >= 11 is 3.13. The predicted octanol–water partition coefficient (Wildman–Crippen LogP) is 2.55. The first-order valence-corrected chi connectivity index (χ1v) is 4.56. The number of hydrogen-bond donors (Lipinski definition) is 1. The van der Waals surface area contributed by atoms with E-state index in [-0.39, 0.29) is 11.3 Å². The van der Waals surface area contributed by atoms with Gasteiger partial charge in [0.25, 0.3) is 0 Å². The van der Waals surface area contributed by atoms with E-state index in [4.69, 9.17) is 9.84 Å². The molecule has 0 aliphatic carbocycles. The van der Waals surface area contributed by atoms with Crippen molar-refractivity contribution in [3.05, 3.63) is 28.2 Å². The Morgan fingerprint density at radius 2 is 2.29 bits per heavy atom. The van der Waals surface area contributed by atoms with Crippen LogP contribution in [0, 0.1) is 0 Å². The second kappa shape index (κ2) is 4.41. The Labute approximate surface area is 88.6 Å². The van der Waals surface area contributed by atoms with Gasteiger partial charge in [0.05, 0.1) is 7.11 Å². The van der Waals surface area contributed by atoms with Crippen LogP contribution in [0.5, 0.6) is 5.75 Å². The highest BCUT2D eigenvalue weighted by Crippen LogP contribution is 2.30. The standard InChI is InChI=1S/C9H8BrFO3/c1-14-7-3-2-5(10)4-6(7)8(11)9(12)13/h2-4,8H,1H3,(H,12,13). The number of benzene rings is 1. The maximum absolute atomic E-state index is 13.2. The molecule has 0 aromatic heterocycles. The van der Waals surface area contributed by atoms with Crippen LogP contribution >= 0.6 is 15.9 Å². The number of alkyl halides is 1. The molecule has 1 unspecified atom stereocenters. The molecule has 5 heteroatoms. The summed E-state index contributed by atoms with van der Waals surface area (Å²) in [6.45, 7) is 0. The SMILES string of the molecule is COc1ccc(Br)cc1C(F)C(=O)O. The van der Waals surface area contributed by atoms with Crippen molar-refractivity contribution in [3.63, 3.8) is 0 Å². The van der Waals surface area contributed by atoms with Gasteiger partial charge in [-0.15, -0.1) is 0 Å². The minimum absolute atomic E-state index is 0.00868. The van der Waals surface area contributed by atoms with Gasteiger partial charge >= 0.3 is 5.97 Å². The summed E-state index contributed by atoms with van der Waals surface area (Å²) in [5.41, 5.74) is 0.00868. The number of hydrogen-bond acceptors (Lipinski definition) is 2. The van der Waals surface area contributed by atoms with Crippen LogP contribution in [0.3, 0.4) is 0 Å². The van der Waals surface area contributed by atoms with E-state index in [1.807, 2.05) is 0 Å². The number of rotatable bonds is 3. The lowest BCUT2D eigenvalue weighted by Crippen LogP contribution is -2.07. The molecule has 1 N–H and O–H groups in total. The molecule has 1 aromatic carbocycles. The number of ether oxygens (including phenoxy) is 1. The minimum atomic E-state index is -2.07. The van der Waals surface area contributed by atoms with Gasteiger partial charge in [0, 0.05) is 10.0 Å². The summed E-state index contributed by atoms with van der Waals surface area (Å²) in [6.07, 6.45) is -2.07. The number of methoxy groups -OCH3 is 1. The summed E-state index contributed by atoms with van der Waals surface area (Å²) < 4.78 is 18.6. The molecule has 0 saturated heterocycles. The van der Waals surface area contributed by atoms with Crippen molar-refractivity contribution < 1.29 is 19.0 Å². The van der Waals surface area contributed by atoms with Crippen LogP contribution in [-0.4, -0.2) is 18.2 Å². The number of aliphatic carboxylic acids is 1. The van der Waals surface area contributed by atoms with Gasteiger partial charge < -0.3 is 9.84 Å². The molecule has 0 aliphatic rings. The summed E-state index contributed by atoms with van der Waals surface area (Å²) in [5, 5.41) is 8.50. The molecule has 14 heavy (non-hydrogen) atoms. The van der Waals surface area contributed by atoms with E-state index in [0.29, 0.717) is 4.47 Å². The summed E-state index contributed by atoms with van der Waals surface area (Å²) in [7, 11) is 1.36. The lowest BCUT2D eigenvalue weighted by molar-refractivity contribution is -0.143. The Morgan fingerprint density at radius 1 is 1.64 bits per heavy atom. The molecule has 1 rings (SSSR count). The van der Waals surface area contributed by atoms with E-state index in [9.17, 15) is 9.18 Å². The molecule has 1 aromatic rings. The molecule has 0 saturated carbocycles. The number of carboxylic acid groups (broad SMARTS) is 1. The lowest BCUT2D eigenvalue weighted by atomic mass is 10.1. The second-order valence-electron chi connectivity index (χ2n) is 2.59. The molecule has 1 atom stereocenters. The highest BCUT2D eigenvalue weighted by Gasteiger charge is 2.22. The zero-order valence-corrected chi connectivity index (χ0v) is 8.92. The van der Waals surface area contributed by atoms with Crippen molar-refractivity contribution in [2.45, 2.75) is 6.17 Å². The van der Waals surface area contributed by atoms with Crippen LogP contribution in [0.4, 0.5) is 4.39 Å². The van der Waals surface area contributed by atoms with Crippen molar-refractivity contribution in [1.82, 2.24) is 0 Å². The molecule has 0 aliphatic heterocycles. The van der Waals surface area contributed by atoms with Crippen molar-refractivity contribution in [1.29, 1.82) is 0 Å². The molecule has 0 heterocycles. The molecule has 0 bridgehead atoms. The van der Waals surface area contributed by atoms with Crippen LogP contribution in [0.25, 0.3) is 0 Å². The number of halogens is 2.